The van der Waals surface area contributed by atoms with Crippen LogP contribution < -0.4 is 5.73 Å². The molecule has 0 radical (unpaired) electrons. The molecule has 72 valence electrons. The lowest BCUT2D eigenvalue weighted by atomic mass is 9.93. The molecule has 1 rings (SSSR count). The standard InChI is InChI=1S/C9H12BrNO2/c10-8-3-1-7(2-4-8)9(11,5-12)6-13/h1-4,12-13H,5-6,11H2. The van der Waals surface area contributed by atoms with Gasteiger partial charge in [-0.15, -0.1) is 0 Å². The molecule has 13 heavy (non-hydrogen) atoms. The molecule has 1 aromatic rings. The Morgan fingerprint density at radius 1 is 1.15 bits per heavy atom. The summed E-state index contributed by atoms with van der Waals surface area (Å²) >= 11 is 3.29. The summed E-state index contributed by atoms with van der Waals surface area (Å²) in [5.41, 5.74) is 5.43. The molecular weight excluding hydrogens is 234 g/mol. The average molecular weight is 246 g/mol. The molecule has 0 atom stereocenters. The Labute approximate surface area is 85.3 Å². The second-order valence-corrected chi connectivity index (χ2v) is 3.89. The molecule has 0 spiro atoms. The van der Waals surface area contributed by atoms with Crippen LogP contribution in [0.2, 0.25) is 0 Å². The smallest absolute Gasteiger partial charge is 0.0878 e. The molecule has 4 N–H and O–H groups in total. The zero-order valence-electron chi connectivity index (χ0n) is 7.07. The van der Waals surface area contributed by atoms with Gasteiger partial charge in [0.25, 0.3) is 0 Å². The predicted molar refractivity (Wildman–Crippen MR) is 54.2 cm³/mol. The van der Waals surface area contributed by atoms with E-state index in [9.17, 15) is 0 Å². The van der Waals surface area contributed by atoms with Gasteiger partial charge in [-0.3, -0.25) is 0 Å². The lowest BCUT2D eigenvalue weighted by Gasteiger charge is -2.24. The fourth-order valence-electron chi connectivity index (χ4n) is 1.01. The zero-order valence-corrected chi connectivity index (χ0v) is 8.66. The fourth-order valence-corrected chi connectivity index (χ4v) is 1.28. The molecule has 0 aliphatic heterocycles. The van der Waals surface area contributed by atoms with E-state index in [1.807, 2.05) is 12.1 Å². The lowest BCUT2D eigenvalue weighted by molar-refractivity contribution is 0.121. The van der Waals surface area contributed by atoms with E-state index in [1.165, 1.54) is 0 Å². The van der Waals surface area contributed by atoms with Crippen LogP contribution in [0.15, 0.2) is 28.7 Å². The van der Waals surface area contributed by atoms with Gasteiger partial charge >= 0.3 is 0 Å². The number of hydrogen-bond donors (Lipinski definition) is 3. The first kappa shape index (κ1) is 10.7. The molecule has 0 aromatic heterocycles. The molecule has 1 aromatic carbocycles. The van der Waals surface area contributed by atoms with Gasteiger partial charge in [0.1, 0.15) is 0 Å². The third-order valence-corrected chi connectivity index (χ3v) is 2.51. The van der Waals surface area contributed by atoms with Crippen molar-refractivity contribution in [3.05, 3.63) is 34.3 Å². The summed E-state index contributed by atoms with van der Waals surface area (Å²) < 4.78 is 0.939. The molecular formula is C9H12BrNO2. The maximum Gasteiger partial charge on any atom is 0.0878 e. The van der Waals surface area contributed by atoms with Gasteiger partial charge in [-0.1, -0.05) is 28.1 Å². The molecule has 0 saturated heterocycles. The quantitative estimate of drug-likeness (QED) is 0.731. The van der Waals surface area contributed by atoms with E-state index < -0.39 is 5.54 Å². The number of benzene rings is 1. The summed E-state index contributed by atoms with van der Waals surface area (Å²) in [5, 5.41) is 18.0. The van der Waals surface area contributed by atoms with Crippen molar-refractivity contribution in [3.63, 3.8) is 0 Å². The molecule has 0 unspecified atom stereocenters. The van der Waals surface area contributed by atoms with E-state index in [-0.39, 0.29) is 13.2 Å². The molecule has 0 aliphatic rings. The van der Waals surface area contributed by atoms with E-state index in [0.717, 1.165) is 10.0 Å². The third kappa shape index (κ3) is 2.28. The first-order valence-corrected chi connectivity index (χ1v) is 4.68. The van der Waals surface area contributed by atoms with Crippen LogP contribution in [0, 0.1) is 0 Å². The van der Waals surface area contributed by atoms with Crippen molar-refractivity contribution in [3.8, 4) is 0 Å². The highest BCUT2D eigenvalue weighted by Crippen LogP contribution is 2.19. The average Bonchev–Trinajstić information content (AvgIpc) is 2.18. The Morgan fingerprint density at radius 2 is 1.62 bits per heavy atom. The number of hydrogen-bond acceptors (Lipinski definition) is 3. The van der Waals surface area contributed by atoms with Crippen molar-refractivity contribution in [2.24, 2.45) is 5.73 Å². The molecule has 0 bridgehead atoms. The maximum atomic E-state index is 9.01. The van der Waals surface area contributed by atoms with Crippen LogP contribution in [0.25, 0.3) is 0 Å². The molecule has 0 aliphatic carbocycles. The molecule has 0 saturated carbocycles. The Hall–Kier alpha value is -0.420. The second kappa shape index (κ2) is 4.19. The van der Waals surface area contributed by atoms with Gasteiger partial charge in [0.15, 0.2) is 0 Å². The number of aliphatic hydroxyl groups is 2. The highest BCUT2D eigenvalue weighted by atomic mass is 79.9. The van der Waals surface area contributed by atoms with Gasteiger partial charge in [0.05, 0.1) is 18.8 Å². The van der Waals surface area contributed by atoms with E-state index in [0.29, 0.717) is 0 Å². The molecule has 4 heteroatoms. The van der Waals surface area contributed by atoms with Gasteiger partial charge < -0.3 is 15.9 Å². The minimum Gasteiger partial charge on any atom is -0.394 e. The van der Waals surface area contributed by atoms with Crippen molar-refractivity contribution >= 4 is 15.9 Å². The SMILES string of the molecule is NC(CO)(CO)c1ccc(Br)cc1. The minimum absolute atomic E-state index is 0.273. The molecule has 3 nitrogen and oxygen atoms in total. The number of rotatable bonds is 3. The van der Waals surface area contributed by atoms with Crippen molar-refractivity contribution in [2.45, 2.75) is 5.54 Å². The zero-order chi connectivity index (χ0) is 9.90. The van der Waals surface area contributed by atoms with E-state index in [2.05, 4.69) is 15.9 Å². The van der Waals surface area contributed by atoms with E-state index in [4.69, 9.17) is 15.9 Å². The van der Waals surface area contributed by atoms with Crippen LogP contribution in [-0.2, 0) is 5.54 Å². The Morgan fingerprint density at radius 3 is 2.00 bits per heavy atom. The maximum absolute atomic E-state index is 9.01. The van der Waals surface area contributed by atoms with Crippen molar-refractivity contribution < 1.29 is 10.2 Å². The van der Waals surface area contributed by atoms with Crippen molar-refractivity contribution in [2.75, 3.05) is 13.2 Å². The highest BCUT2D eigenvalue weighted by Gasteiger charge is 2.25. The lowest BCUT2D eigenvalue weighted by Crippen LogP contribution is -2.44. The number of halogens is 1. The van der Waals surface area contributed by atoms with E-state index in [1.54, 1.807) is 12.1 Å². The van der Waals surface area contributed by atoms with E-state index >= 15 is 0 Å². The predicted octanol–water partition coefficient (Wildman–Crippen LogP) is 0.588. The highest BCUT2D eigenvalue weighted by molar-refractivity contribution is 9.10. The van der Waals surface area contributed by atoms with Gasteiger partial charge in [-0.2, -0.15) is 0 Å². The van der Waals surface area contributed by atoms with Gasteiger partial charge in [-0.25, -0.2) is 0 Å². The Kier molecular flexibility index (Phi) is 3.44. The summed E-state index contributed by atoms with van der Waals surface area (Å²) in [7, 11) is 0. The van der Waals surface area contributed by atoms with Crippen molar-refractivity contribution in [1.29, 1.82) is 0 Å². The molecule has 0 fully saturated rings. The van der Waals surface area contributed by atoms with Crippen LogP contribution in [0.1, 0.15) is 5.56 Å². The van der Waals surface area contributed by atoms with Crippen LogP contribution in [0.3, 0.4) is 0 Å². The number of aliphatic hydroxyl groups excluding tert-OH is 2. The first-order valence-electron chi connectivity index (χ1n) is 3.89. The van der Waals surface area contributed by atoms with Gasteiger partial charge in [0.2, 0.25) is 0 Å². The van der Waals surface area contributed by atoms with Gasteiger partial charge in [-0.05, 0) is 17.7 Å². The summed E-state index contributed by atoms with van der Waals surface area (Å²) in [4.78, 5) is 0. The Bertz CT molecular complexity index is 269. The summed E-state index contributed by atoms with van der Waals surface area (Å²) in [6.07, 6.45) is 0. The normalized spacial score (nSPS) is 11.7. The van der Waals surface area contributed by atoms with Crippen LogP contribution in [-0.4, -0.2) is 23.4 Å². The van der Waals surface area contributed by atoms with Crippen LogP contribution in [0.4, 0.5) is 0 Å². The molecule has 0 heterocycles. The summed E-state index contributed by atoms with van der Waals surface area (Å²) in [6, 6.07) is 7.19. The second-order valence-electron chi connectivity index (χ2n) is 2.98. The minimum atomic E-state index is -1.04. The van der Waals surface area contributed by atoms with Crippen LogP contribution >= 0.6 is 15.9 Å². The third-order valence-electron chi connectivity index (χ3n) is 1.98. The summed E-state index contributed by atoms with van der Waals surface area (Å²) in [5.74, 6) is 0. The molecule has 0 amide bonds. The Balaban J connectivity index is 2.99. The summed E-state index contributed by atoms with van der Waals surface area (Å²) in [6.45, 7) is -0.545. The van der Waals surface area contributed by atoms with Crippen molar-refractivity contribution in [1.82, 2.24) is 0 Å². The number of nitrogens with two attached hydrogens (primary N) is 1. The van der Waals surface area contributed by atoms with Crippen LogP contribution in [0.5, 0.6) is 0 Å². The topological polar surface area (TPSA) is 66.5 Å². The van der Waals surface area contributed by atoms with Gasteiger partial charge in [0, 0.05) is 4.47 Å². The first-order chi connectivity index (χ1) is 6.12. The largest absolute Gasteiger partial charge is 0.394 e. The fraction of sp³-hybridized carbons (Fsp3) is 0.333. The monoisotopic (exact) mass is 245 g/mol.